The first-order chi connectivity index (χ1) is 11.0. The number of nitrogen functional groups attached to an aromatic ring is 1. The van der Waals surface area contributed by atoms with Crippen molar-refractivity contribution in [3.05, 3.63) is 54.6 Å². The number of nitrogens with zero attached hydrogens (tertiary/aromatic N) is 1. The molecule has 6 heteroatoms. The van der Waals surface area contributed by atoms with Crippen LogP contribution in [-0.2, 0) is 9.59 Å². The summed E-state index contributed by atoms with van der Waals surface area (Å²) in [6.45, 7) is 1.54. The molecule has 0 aromatic heterocycles. The van der Waals surface area contributed by atoms with Gasteiger partial charge >= 0.3 is 11.8 Å². The van der Waals surface area contributed by atoms with Crippen LogP contribution in [0.15, 0.2) is 54.6 Å². The van der Waals surface area contributed by atoms with Gasteiger partial charge in [0.15, 0.2) is 0 Å². The zero-order valence-electron chi connectivity index (χ0n) is 12.8. The third-order valence-corrected chi connectivity index (χ3v) is 3.12. The molecule has 0 saturated carbocycles. The summed E-state index contributed by atoms with van der Waals surface area (Å²) in [4.78, 5) is 25.9. The van der Waals surface area contributed by atoms with Gasteiger partial charge in [-0.25, -0.2) is 0 Å². The molecule has 0 bridgehead atoms. The molecule has 2 aromatic rings. The lowest BCUT2D eigenvalue weighted by Crippen LogP contribution is -2.43. The lowest BCUT2D eigenvalue weighted by molar-refractivity contribution is -0.137. The molecule has 1 unspecified atom stereocenters. The maximum Gasteiger partial charge on any atom is 0.320 e. The molecule has 0 aliphatic rings. The Morgan fingerprint density at radius 2 is 1.65 bits per heavy atom. The lowest BCUT2D eigenvalue weighted by Gasteiger charge is -2.22. The Labute approximate surface area is 134 Å². The molecule has 0 aliphatic carbocycles. The van der Waals surface area contributed by atoms with Crippen molar-refractivity contribution in [2.45, 2.75) is 13.0 Å². The SMILES string of the molecule is CC(O)CNC(=O)C(=O)N(c1ccccc1)c1ccc(N)cc1. The van der Waals surface area contributed by atoms with E-state index in [-0.39, 0.29) is 6.54 Å². The van der Waals surface area contributed by atoms with Crippen molar-refractivity contribution in [1.82, 2.24) is 5.32 Å². The van der Waals surface area contributed by atoms with E-state index in [1.165, 1.54) is 11.8 Å². The number of hydrogen-bond donors (Lipinski definition) is 3. The summed E-state index contributed by atoms with van der Waals surface area (Å²) in [7, 11) is 0. The summed E-state index contributed by atoms with van der Waals surface area (Å²) in [5.41, 5.74) is 7.33. The van der Waals surface area contributed by atoms with Gasteiger partial charge in [0.2, 0.25) is 0 Å². The monoisotopic (exact) mass is 313 g/mol. The van der Waals surface area contributed by atoms with Crippen molar-refractivity contribution in [3.63, 3.8) is 0 Å². The highest BCUT2D eigenvalue weighted by Gasteiger charge is 2.24. The van der Waals surface area contributed by atoms with Crippen LogP contribution in [0.2, 0.25) is 0 Å². The van der Waals surface area contributed by atoms with E-state index in [1.54, 1.807) is 48.5 Å². The molecule has 0 spiro atoms. The number of amides is 2. The Morgan fingerprint density at radius 1 is 1.09 bits per heavy atom. The van der Waals surface area contributed by atoms with Gasteiger partial charge in [-0.15, -0.1) is 0 Å². The van der Waals surface area contributed by atoms with Crippen LogP contribution in [0.5, 0.6) is 0 Å². The van der Waals surface area contributed by atoms with Crippen molar-refractivity contribution in [1.29, 1.82) is 0 Å². The smallest absolute Gasteiger partial charge is 0.320 e. The van der Waals surface area contributed by atoms with Crippen LogP contribution >= 0.6 is 0 Å². The molecule has 0 radical (unpaired) electrons. The van der Waals surface area contributed by atoms with Gasteiger partial charge in [0, 0.05) is 23.6 Å². The van der Waals surface area contributed by atoms with Crippen molar-refractivity contribution in [2.75, 3.05) is 17.2 Å². The molecule has 0 saturated heterocycles. The molecular formula is C17H19N3O3. The first-order valence-electron chi connectivity index (χ1n) is 7.20. The molecule has 0 heterocycles. The fourth-order valence-corrected chi connectivity index (χ4v) is 2.00. The van der Waals surface area contributed by atoms with Crippen molar-refractivity contribution in [3.8, 4) is 0 Å². The fourth-order valence-electron chi connectivity index (χ4n) is 2.00. The molecule has 1 atom stereocenters. The minimum Gasteiger partial charge on any atom is -0.399 e. The second-order valence-corrected chi connectivity index (χ2v) is 5.13. The van der Waals surface area contributed by atoms with Crippen LogP contribution < -0.4 is 16.0 Å². The van der Waals surface area contributed by atoms with Crippen LogP contribution in [-0.4, -0.2) is 29.6 Å². The number of nitrogens with one attached hydrogen (secondary N) is 1. The van der Waals surface area contributed by atoms with Gasteiger partial charge in [-0.05, 0) is 43.3 Å². The number of hydrogen-bond acceptors (Lipinski definition) is 4. The minimum atomic E-state index is -0.786. The molecule has 2 aromatic carbocycles. The maximum absolute atomic E-state index is 12.5. The first kappa shape index (κ1) is 16.5. The van der Waals surface area contributed by atoms with E-state index < -0.39 is 17.9 Å². The van der Waals surface area contributed by atoms with E-state index in [0.717, 1.165) is 0 Å². The van der Waals surface area contributed by atoms with Crippen LogP contribution in [0.4, 0.5) is 17.1 Å². The fraction of sp³-hybridized carbons (Fsp3) is 0.176. The summed E-state index contributed by atoms with van der Waals surface area (Å²) in [5, 5.41) is 11.6. The van der Waals surface area contributed by atoms with Crippen molar-refractivity contribution in [2.24, 2.45) is 0 Å². The number of aliphatic hydroxyl groups excluding tert-OH is 1. The van der Waals surface area contributed by atoms with Crippen LogP contribution in [0, 0.1) is 0 Å². The second-order valence-electron chi connectivity index (χ2n) is 5.13. The number of para-hydroxylation sites is 1. The zero-order valence-corrected chi connectivity index (χ0v) is 12.8. The van der Waals surface area contributed by atoms with Crippen LogP contribution in [0.1, 0.15) is 6.92 Å². The standard InChI is InChI=1S/C17H19N3O3/c1-12(21)11-19-16(22)17(23)20(14-5-3-2-4-6-14)15-9-7-13(18)8-10-15/h2-10,12,21H,11,18H2,1H3,(H,19,22). The summed E-state index contributed by atoms with van der Waals surface area (Å²) in [5.74, 6) is -1.52. The van der Waals surface area contributed by atoms with E-state index in [4.69, 9.17) is 5.73 Å². The predicted octanol–water partition coefficient (Wildman–Crippen LogP) is 1.43. The molecule has 0 fully saturated rings. The summed E-state index contributed by atoms with van der Waals surface area (Å²) in [6.07, 6.45) is -0.728. The van der Waals surface area contributed by atoms with Gasteiger partial charge in [0.25, 0.3) is 0 Å². The van der Waals surface area contributed by atoms with Gasteiger partial charge in [0.1, 0.15) is 0 Å². The number of benzene rings is 2. The van der Waals surface area contributed by atoms with Crippen LogP contribution in [0.3, 0.4) is 0 Å². The number of aliphatic hydroxyl groups is 1. The maximum atomic E-state index is 12.5. The van der Waals surface area contributed by atoms with Crippen molar-refractivity contribution >= 4 is 28.9 Å². The third kappa shape index (κ3) is 4.31. The van der Waals surface area contributed by atoms with E-state index >= 15 is 0 Å². The molecule has 0 aliphatic heterocycles. The molecule has 23 heavy (non-hydrogen) atoms. The highest BCUT2D eigenvalue weighted by molar-refractivity contribution is 6.42. The largest absolute Gasteiger partial charge is 0.399 e. The first-order valence-corrected chi connectivity index (χ1v) is 7.20. The Kier molecular flexibility index (Phi) is 5.32. The lowest BCUT2D eigenvalue weighted by atomic mass is 10.2. The number of carbonyl (C=O) groups excluding carboxylic acids is 2. The average molecular weight is 313 g/mol. The van der Waals surface area contributed by atoms with Gasteiger partial charge < -0.3 is 16.2 Å². The quantitative estimate of drug-likeness (QED) is 0.588. The number of rotatable bonds is 4. The number of nitrogens with two attached hydrogens (primary N) is 1. The second kappa shape index (κ2) is 7.42. The Morgan fingerprint density at radius 3 is 2.22 bits per heavy atom. The van der Waals surface area contributed by atoms with E-state index in [2.05, 4.69) is 5.32 Å². The summed E-state index contributed by atoms with van der Waals surface area (Å²) >= 11 is 0. The van der Waals surface area contributed by atoms with Gasteiger partial charge in [0.05, 0.1) is 6.10 Å². The Hall–Kier alpha value is -2.86. The number of carbonyl (C=O) groups is 2. The van der Waals surface area contributed by atoms with E-state index in [0.29, 0.717) is 17.1 Å². The molecular weight excluding hydrogens is 294 g/mol. The normalized spacial score (nSPS) is 11.6. The van der Waals surface area contributed by atoms with Gasteiger partial charge in [-0.1, -0.05) is 18.2 Å². The summed E-state index contributed by atoms with van der Waals surface area (Å²) in [6, 6.07) is 15.5. The zero-order chi connectivity index (χ0) is 16.8. The molecule has 4 N–H and O–H groups in total. The molecule has 6 nitrogen and oxygen atoms in total. The summed E-state index contributed by atoms with van der Waals surface area (Å²) < 4.78 is 0. The van der Waals surface area contributed by atoms with Gasteiger partial charge in [-0.2, -0.15) is 0 Å². The minimum absolute atomic E-state index is 0.00887. The van der Waals surface area contributed by atoms with E-state index in [1.807, 2.05) is 6.07 Å². The number of anilines is 3. The average Bonchev–Trinajstić information content (AvgIpc) is 2.55. The molecule has 120 valence electrons. The Bertz CT molecular complexity index is 669. The van der Waals surface area contributed by atoms with Crippen molar-refractivity contribution < 1.29 is 14.7 Å². The highest BCUT2D eigenvalue weighted by Crippen LogP contribution is 2.26. The van der Waals surface area contributed by atoms with Gasteiger partial charge in [-0.3, -0.25) is 14.5 Å². The topological polar surface area (TPSA) is 95.7 Å². The third-order valence-electron chi connectivity index (χ3n) is 3.12. The molecule has 2 rings (SSSR count). The Balaban J connectivity index is 2.32. The predicted molar refractivity (Wildman–Crippen MR) is 89.1 cm³/mol. The highest BCUT2D eigenvalue weighted by atomic mass is 16.3. The molecule has 2 amide bonds. The van der Waals surface area contributed by atoms with Crippen LogP contribution in [0.25, 0.3) is 0 Å². The van der Waals surface area contributed by atoms with E-state index in [9.17, 15) is 14.7 Å².